The summed E-state index contributed by atoms with van der Waals surface area (Å²) >= 11 is 4.91. The molecule has 0 radical (unpaired) electrons. The fourth-order valence-electron chi connectivity index (χ4n) is 0.369. The maximum atomic E-state index is 5.22. The van der Waals surface area contributed by atoms with Crippen LogP contribution in [-0.2, 0) is 20.9 Å². The van der Waals surface area contributed by atoms with Crippen molar-refractivity contribution < 1.29 is 9.05 Å². The molecule has 0 bridgehead atoms. The molecule has 0 aromatic carbocycles. The Labute approximate surface area is 68.5 Å². The van der Waals surface area contributed by atoms with Gasteiger partial charge in [-0.2, -0.15) is 0 Å². The molecule has 0 saturated heterocycles. The Morgan fingerprint density at radius 2 is 1.30 bits per heavy atom. The second-order valence-corrected chi connectivity index (χ2v) is 4.30. The number of hydrogen-bond donors (Lipinski definition) is 0. The van der Waals surface area contributed by atoms with Crippen LogP contribution in [0.15, 0.2) is 0 Å². The van der Waals surface area contributed by atoms with Gasteiger partial charge in [0.1, 0.15) is 12.2 Å². The monoisotopic (exact) mass is 181 g/mol. The molecule has 4 heteroatoms. The predicted octanol–water partition coefficient (Wildman–Crippen LogP) is 2.61. The summed E-state index contributed by atoms with van der Waals surface area (Å²) in [4.78, 5) is 0. The summed E-state index contributed by atoms with van der Waals surface area (Å²) in [5.74, 6) is 0. The lowest BCUT2D eigenvalue weighted by Crippen LogP contribution is -2.00. The summed E-state index contributed by atoms with van der Waals surface area (Å²) in [5, 5.41) is 0. The third-order valence-corrected chi connectivity index (χ3v) is 2.30. The number of hydrogen-bond acceptors (Lipinski definition) is 3. The minimum Gasteiger partial charge on any atom is -0.139 e. The lowest BCUT2D eigenvalue weighted by Gasteiger charge is -1.97. The Kier molecular flexibility index (Phi) is 5.36. The van der Waals surface area contributed by atoms with Crippen LogP contribution in [0.3, 0.4) is 0 Å². The van der Waals surface area contributed by atoms with Crippen molar-refractivity contribution in [1.29, 1.82) is 0 Å². The minimum atomic E-state index is -1.08. The Bertz CT molecular complexity index is 102. The molecule has 0 spiro atoms. The van der Waals surface area contributed by atoms with Crippen molar-refractivity contribution in [3.05, 3.63) is 0 Å². The first-order valence-electron chi connectivity index (χ1n) is 3.33. The summed E-state index contributed by atoms with van der Waals surface area (Å²) in [6.45, 7) is 7.80. The standard InChI is InChI=1S/C6H14O2PS/c1-5(2)7-9(10)8-6(3)4/h5-6H,1-4H3/q+1. The first-order chi connectivity index (χ1) is 4.52. The van der Waals surface area contributed by atoms with E-state index in [1.165, 1.54) is 0 Å². The molecule has 0 fully saturated rings. The van der Waals surface area contributed by atoms with Crippen LogP contribution in [0.4, 0.5) is 0 Å². The van der Waals surface area contributed by atoms with Crippen LogP contribution in [0.2, 0.25) is 0 Å². The molecule has 0 aliphatic carbocycles. The molecule has 60 valence electrons. The molecule has 10 heavy (non-hydrogen) atoms. The summed E-state index contributed by atoms with van der Waals surface area (Å²) in [5.41, 5.74) is 0. The third-order valence-electron chi connectivity index (χ3n) is 0.594. The van der Waals surface area contributed by atoms with Gasteiger partial charge in [-0.15, -0.1) is 9.05 Å². The summed E-state index contributed by atoms with van der Waals surface area (Å²) in [6.07, 6.45) is 0.338. The average Bonchev–Trinajstić information content (AvgIpc) is 1.58. The van der Waals surface area contributed by atoms with Gasteiger partial charge in [0.15, 0.2) is 0 Å². The maximum Gasteiger partial charge on any atom is 0.522 e. The molecule has 2 nitrogen and oxygen atoms in total. The van der Waals surface area contributed by atoms with Crippen LogP contribution in [0.25, 0.3) is 0 Å². The molecular formula is C6H14O2PS+. The van der Waals surface area contributed by atoms with Gasteiger partial charge in [0.05, 0.1) is 0 Å². The summed E-state index contributed by atoms with van der Waals surface area (Å²) in [6, 6.07) is 0. The van der Waals surface area contributed by atoms with Gasteiger partial charge in [-0.1, -0.05) is 0 Å². The van der Waals surface area contributed by atoms with Gasteiger partial charge in [-0.3, -0.25) is 0 Å². The molecule has 0 heterocycles. The van der Waals surface area contributed by atoms with Crippen LogP contribution >= 0.6 is 7.15 Å². The highest BCUT2D eigenvalue weighted by Crippen LogP contribution is 2.27. The van der Waals surface area contributed by atoms with E-state index < -0.39 is 7.15 Å². The van der Waals surface area contributed by atoms with Crippen molar-refractivity contribution in [2.75, 3.05) is 0 Å². The van der Waals surface area contributed by atoms with Gasteiger partial charge >= 0.3 is 7.15 Å². The van der Waals surface area contributed by atoms with Crippen LogP contribution in [-0.4, -0.2) is 12.2 Å². The normalized spacial score (nSPS) is 11.0. The van der Waals surface area contributed by atoms with Crippen molar-refractivity contribution >= 4 is 19.0 Å². The van der Waals surface area contributed by atoms with E-state index in [9.17, 15) is 0 Å². The third kappa shape index (κ3) is 6.56. The molecule has 0 amide bonds. The van der Waals surface area contributed by atoms with Crippen molar-refractivity contribution in [3.63, 3.8) is 0 Å². The van der Waals surface area contributed by atoms with Gasteiger partial charge in [0.2, 0.25) is 11.8 Å². The van der Waals surface area contributed by atoms with E-state index in [0.717, 1.165) is 0 Å². The first kappa shape index (κ1) is 10.4. The predicted molar refractivity (Wildman–Crippen MR) is 46.7 cm³/mol. The smallest absolute Gasteiger partial charge is 0.139 e. The van der Waals surface area contributed by atoms with E-state index in [4.69, 9.17) is 20.9 Å². The quantitative estimate of drug-likeness (QED) is 0.621. The second-order valence-electron chi connectivity index (χ2n) is 2.53. The van der Waals surface area contributed by atoms with Crippen LogP contribution in [0, 0.1) is 0 Å². The minimum absolute atomic E-state index is 0.169. The van der Waals surface area contributed by atoms with Crippen molar-refractivity contribution in [3.8, 4) is 0 Å². The van der Waals surface area contributed by atoms with E-state index >= 15 is 0 Å². The summed E-state index contributed by atoms with van der Waals surface area (Å²) in [7, 11) is -1.08. The fraction of sp³-hybridized carbons (Fsp3) is 1.00. The Morgan fingerprint density at radius 1 is 1.00 bits per heavy atom. The highest BCUT2D eigenvalue weighted by molar-refractivity contribution is 8.00. The first-order valence-corrected chi connectivity index (χ1v) is 5.52. The average molecular weight is 181 g/mol. The van der Waals surface area contributed by atoms with Crippen molar-refractivity contribution in [2.45, 2.75) is 39.9 Å². The molecule has 0 rings (SSSR count). The Morgan fingerprint density at radius 3 is 1.50 bits per heavy atom. The molecule has 0 unspecified atom stereocenters. The molecule has 0 aromatic heterocycles. The van der Waals surface area contributed by atoms with E-state index in [-0.39, 0.29) is 12.2 Å². The highest BCUT2D eigenvalue weighted by Gasteiger charge is 2.17. The number of rotatable bonds is 4. The molecule has 0 aliphatic rings. The van der Waals surface area contributed by atoms with Gasteiger partial charge in [0.25, 0.3) is 0 Å². The molecule has 0 saturated carbocycles. The van der Waals surface area contributed by atoms with Crippen LogP contribution in [0.5, 0.6) is 0 Å². The second kappa shape index (κ2) is 5.14. The Balaban J connectivity index is 3.44. The topological polar surface area (TPSA) is 18.5 Å². The molecular weight excluding hydrogens is 167 g/mol. The van der Waals surface area contributed by atoms with Crippen LogP contribution in [0.1, 0.15) is 27.7 Å². The largest absolute Gasteiger partial charge is 0.522 e. The van der Waals surface area contributed by atoms with Gasteiger partial charge in [-0.05, 0) is 27.7 Å². The van der Waals surface area contributed by atoms with E-state index in [1.807, 2.05) is 27.7 Å². The van der Waals surface area contributed by atoms with E-state index in [1.54, 1.807) is 0 Å². The molecule has 0 atom stereocenters. The van der Waals surface area contributed by atoms with Gasteiger partial charge in [0, 0.05) is 0 Å². The molecule has 0 N–H and O–H groups in total. The van der Waals surface area contributed by atoms with Crippen LogP contribution < -0.4 is 0 Å². The molecule has 0 aliphatic heterocycles. The SMILES string of the molecule is CC(C)O[P+](=S)OC(C)C. The molecule has 0 aromatic rings. The fourth-order valence-corrected chi connectivity index (χ4v) is 2.14. The zero-order chi connectivity index (χ0) is 8.15. The van der Waals surface area contributed by atoms with E-state index in [2.05, 4.69) is 0 Å². The summed E-state index contributed by atoms with van der Waals surface area (Å²) < 4.78 is 10.4. The van der Waals surface area contributed by atoms with Gasteiger partial charge in [-0.25, -0.2) is 0 Å². The lowest BCUT2D eigenvalue weighted by molar-refractivity contribution is 0.190. The van der Waals surface area contributed by atoms with E-state index in [0.29, 0.717) is 0 Å². The zero-order valence-electron chi connectivity index (χ0n) is 6.83. The lowest BCUT2D eigenvalue weighted by atomic mass is 10.5. The zero-order valence-corrected chi connectivity index (χ0v) is 8.54. The van der Waals surface area contributed by atoms with Gasteiger partial charge < -0.3 is 0 Å². The highest BCUT2D eigenvalue weighted by atomic mass is 32.4. The Hall–Kier alpha value is 0.440. The van der Waals surface area contributed by atoms with Crippen molar-refractivity contribution in [1.82, 2.24) is 0 Å². The maximum absolute atomic E-state index is 5.22. The van der Waals surface area contributed by atoms with Crippen molar-refractivity contribution in [2.24, 2.45) is 0 Å².